The second-order valence-electron chi connectivity index (χ2n) is 7.05. The Labute approximate surface area is 180 Å². The first-order chi connectivity index (χ1) is 13.8. The van der Waals surface area contributed by atoms with Crippen molar-refractivity contribution in [2.24, 2.45) is 0 Å². The van der Waals surface area contributed by atoms with Gasteiger partial charge in [-0.2, -0.15) is 4.31 Å². The normalized spacial score (nSPS) is 18.8. The van der Waals surface area contributed by atoms with Crippen LogP contribution in [0.3, 0.4) is 0 Å². The SMILES string of the molecule is Cc1cc(S(=O)(=O)N2CCN(C(=O)CSCC(=O)N3CCOCC3)CC2)c(C)s1. The Hall–Kier alpha value is -1.14. The van der Waals surface area contributed by atoms with Gasteiger partial charge in [0.2, 0.25) is 21.8 Å². The van der Waals surface area contributed by atoms with Crippen molar-refractivity contribution < 1.29 is 22.7 Å². The van der Waals surface area contributed by atoms with E-state index in [9.17, 15) is 18.0 Å². The van der Waals surface area contributed by atoms with Crippen LogP contribution in [-0.4, -0.2) is 98.3 Å². The molecule has 3 heterocycles. The van der Waals surface area contributed by atoms with Crippen LogP contribution in [-0.2, 0) is 24.3 Å². The fraction of sp³-hybridized carbons (Fsp3) is 0.667. The van der Waals surface area contributed by atoms with Crippen LogP contribution in [0.15, 0.2) is 11.0 Å². The summed E-state index contributed by atoms with van der Waals surface area (Å²) < 4.78 is 32.4. The predicted octanol–water partition coefficient (Wildman–Crippen LogP) is 0.790. The number of piperazine rings is 1. The molecule has 11 heteroatoms. The van der Waals surface area contributed by atoms with E-state index >= 15 is 0 Å². The molecule has 0 saturated carbocycles. The average molecular weight is 462 g/mol. The Morgan fingerprint density at radius 3 is 2.07 bits per heavy atom. The first kappa shape index (κ1) is 22.5. The molecule has 0 spiro atoms. The number of thioether (sulfide) groups is 1. The summed E-state index contributed by atoms with van der Waals surface area (Å²) in [5, 5.41) is 0. The number of morpholine rings is 1. The number of aryl methyl sites for hydroxylation is 2. The largest absolute Gasteiger partial charge is 0.378 e. The molecule has 0 radical (unpaired) electrons. The molecule has 2 amide bonds. The van der Waals surface area contributed by atoms with Crippen LogP contribution in [0, 0.1) is 13.8 Å². The van der Waals surface area contributed by atoms with Gasteiger partial charge >= 0.3 is 0 Å². The zero-order valence-corrected chi connectivity index (χ0v) is 19.2. The zero-order valence-electron chi connectivity index (χ0n) is 16.8. The summed E-state index contributed by atoms with van der Waals surface area (Å²) in [5.41, 5.74) is 0. The highest BCUT2D eigenvalue weighted by molar-refractivity contribution is 8.00. The van der Waals surface area contributed by atoms with Gasteiger partial charge in [-0.3, -0.25) is 9.59 Å². The summed E-state index contributed by atoms with van der Waals surface area (Å²) in [4.78, 5) is 30.1. The van der Waals surface area contributed by atoms with Crippen LogP contribution < -0.4 is 0 Å². The standard InChI is InChI=1S/C18H27N3O5S3/c1-14-11-16(15(2)28-14)29(24,25)21-5-3-19(4-6-21)17(22)12-27-13-18(23)20-7-9-26-10-8-20/h11H,3-10,12-13H2,1-2H3. The number of thiophene rings is 1. The lowest BCUT2D eigenvalue weighted by Crippen LogP contribution is -2.51. The smallest absolute Gasteiger partial charge is 0.244 e. The van der Waals surface area contributed by atoms with E-state index < -0.39 is 10.0 Å². The van der Waals surface area contributed by atoms with Gasteiger partial charge < -0.3 is 14.5 Å². The second-order valence-corrected chi connectivity index (χ2v) is 11.4. The highest BCUT2D eigenvalue weighted by Gasteiger charge is 2.31. The van der Waals surface area contributed by atoms with Crippen LogP contribution in [0.5, 0.6) is 0 Å². The molecule has 0 bridgehead atoms. The van der Waals surface area contributed by atoms with E-state index in [1.807, 2.05) is 13.8 Å². The number of sulfonamides is 1. The Morgan fingerprint density at radius 1 is 1.00 bits per heavy atom. The lowest BCUT2D eigenvalue weighted by Gasteiger charge is -2.34. The molecule has 0 unspecified atom stereocenters. The third-order valence-electron chi connectivity index (χ3n) is 5.02. The average Bonchev–Trinajstić information content (AvgIpc) is 3.07. The number of ether oxygens (including phenoxy) is 1. The van der Waals surface area contributed by atoms with Crippen molar-refractivity contribution in [3.05, 3.63) is 15.8 Å². The van der Waals surface area contributed by atoms with Gasteiger partial charge in [-0.15, -0.1) is 23.1 Å². The minimum Gasteiger partial charge on any atom is -0.378 e. The fourth-order valence-electron chi connectivity index (χ4n) is 3.40. The van der Waals surface area contributed by atoms with Crippen LogP contribution in [0.1, 0.15) is 9.75 Å². The zero-order chi connectivity index (χ0) is 21.0. The van der Waals surface area contributed by atoms with Crippen molar-refractivity contribution in [2.75, 3.05) is 64.0 Å². The molecule has 2 fully saturated rings. The molecule has 0 aromatic carbocycles. The van der Waals surface area contributed by atoms with Gasteiger partial charge in [0.1, 0.15) is 0 Å². The van der Waals surface area contributed by atoms with Crippen LogP contribution >= 0.6 is 23.1 Å². The molecule has 1 aromatic heterocycles. The quantitative estimate of drug-likeness (QED) is 0.623. The minimum absolute atomic E-state index is 0.0310. The Kier molecular flexibility index (Phi) is 7.60. The topological polar surface area (TPSA) is 87.2 Å². The van der Waals surface area contributed by atoms with Crippen LogP contribution in [0.2, 0.25) is 0 Å². The molecule has 0 aliphatic carbocycles. The van der Waals surface area contributed by atoms with Gasteiger partial charge in [0.05, 0.1) is 29.6 Å². The summed E-state index contributed by atoms with van der Waals surface area (Å²) in [6.07, 6.45) is 0. The van der Waals surface area contributed by atoms with E-state index in [0.717, 1.165) is 9.75 Å². The van der Waals surface area contributed by atoms with Crippen LogP contribution in [0.4, 0.5) is 0 Å². The first-order valence-corrected chi connectivity index (χ1v) is 13.0. The summed E-state index contributed by atoms with van der Waals surface area (Å²) >= 11 is 2.79. The van der Waals surface area contributed by atoms with Gasteiger partial charge in [0.25, 0.3) is 0 Å². The number of amides is 2. The van der Waals surface area contributed by atoms with Crippen molar-refractivity contribution in [2.45, 2.75) is 18.7 Å². The number of hydrogen-bond donors (Lipinski definition) is 0. The number of carbonyl (C=O) groups is 2. The van der Waals surface area contributed by atoms with Crippen molar-refractivity contribution in [1.82, 2.24) is 14.1 Å². The molecule has 2 saturated heterocycles. The molecule has 3 rings (SSSR count). The maximum atomic E-state index is 12.9. The molecular formula is C18H27N3O5S3. The number of rotatable bonds is 6. The molecule has 2 aliphatic heterocycles. The molecule has 1 aromatic rings. The Balaban J connectivity index is 1.44. The van der Waals surface area contributed by atoms with Crippen LogP contribution in [0.25, 0.3) is 0 Å². The highest BCUT2D eigenvalue weighted by atomic mass is 32.2. The van der Waals surface area contributed by atoms with E-state index in [-0.39, 0.29) is 23.3 Å². The summed E-state index contributed by atoms with van der Waals surface area (Å²) in [7, 11) is -3.52. The Morgan fingerprint density at radius 2 is 1.55 bits per heavy atom. The Bertz CT molecular complexity index is 841. The van der Waals surface area contributed by atoms with E-state index in [1.54, 1.807) is 15.9 Å². The highest BCUT2D eigenvalue weighted by Crippen LogP contribution is 2.28. The number of hydrogen-bond acceptors (Lipinski definition) is 7. The molecule has 2 aliphatic rings. The van der Waals surface area contributed by atoms with Crippen molar-refractivity contribution in [3.8, 4) is 0 Å². The molecule has 8 nitrogen and oxygen atoms in total. The monoisotopic (exact) mass is 461 g/mol. The van der Waals surface area contributed by atoms with Gasteiger partial charge in [-0.1, -0.05) is 0 Å². The summed E-state index contributed by atoms with van der Waals surface area (Å²) in [5.74, 6) is 0.482. The number of carbonyl (C=O) groups excluding carboxylic acids is 2. The van der Waals surface area contributed by atoms with E-state index in [2.05, 4.69) is 0 Å². The number of nitrogens with zero attached hydrogens (tertiary/aromatic N) is 3. The maximum Gasteiger partial charge on any atom is 0.244 e. The molecule has 29 heavy (non-hydrogen) atoms. The van der Waals surface area contributed by atoms with Gasteiger partial charge in [-0.25, -0.2) is 8.42 Å². The summed E-state index contributed by atoms with van der Waals surface area (Å²) in [6, 6.07) is 1.72. The molecular weight excluding hydrogens is 434 g/mol. The molecule has 162 valence electrons. The lowest BCUT2D eigenvalue weighted by atomic mass is 10.3. The van der Waals surface area contributed by atoms with Gasteiger partial charge in [0.15, 0.2) is 0 Å². The third-order valence-corrected chi connectivity index (χ3v) is 9.04. The maximum absolute atomic E-state index is 12.9. The molecule has 0 N–H and O–H groups in total. The second kappa shape index (κ2) is 9.78. The van der Waals surface area contributed by atoms with E-state index in [1.165, 1.54) is 27.4 Å². The first-order valence-electron chi connectivity index (χ1n) is 9.57. The minimum atomic E-state index is -3.52. The third kappa shape index (κ3) is 5.52. The lowest BCUT2D eigenvalue weighted by molar-refractivity contribution is -0.132. The van der Waals surface area contributed by atoms with E-state index in [4.69, 9.17) is 4.74 Å². The van der Waals surface area contributed by atoms with Gasteiger partial charge in [0, 0.05) is 49.0 Å². The van der Waals surface area contributed by atoms with Crippen molar-refractivity contribution >= 4 is 44.9 Å². The summed E-state index contributed by atoms with van der Waals surface area (Å²) in [6.45, 7) is 7.38. The van der Waals surface area contributed by atoms with E-state index in [0.29, 0.717) is 57.4 Å². The predicted molar refractivity (Wildman–Crippen MR) is 114 cm³/mol. The fourth-order valence-corrected chi connectivity index (χ4v) is 7.16. The van der Waals surface area contributed by atoms with Crippen molar-refractivity contribution in [1.29, 1.82) is 0 Å². The van der Waals surface area contributed by atoms with Gasteiger partial charge in [-0.05, 0) is 19.9 Å². The molecule has 0 atom stereocenters. The van der Waals surface area contributed by atoms with Crippen molar-refractivity contribution in [3.63, 3.8) is 0 Å².